The van der Waals surface area contributed by atoms with Gasteiger partial charge in [0.25, 0.3) is 0 Å². The molecule has 0 aromatic heterocycles. The largest absolute Gasteiger partial charge is 0.372 e. The zero-order valence-corrected chi connectivity index (χ0v) is 15.9. The lowest BCUT2D eigenvalue weighted by Crippen LogP contribution is -2.32. The van der Waals surface area contributed by atoms with Crippen LogP contribution in [0.25, 0.3) is 0 Å². The van der Waals surface area contributed by atoms with Gasteiger partial charge in [0.05, 0.1) is 16.6 Å². The van der Waals surface area contributed by atoms with Gasteiger partial charge in [-0.1, -0.05) is 38.1 Å². The van der Waals surface area contributed by atoms with Crippen molar-refractivity contribution in [2.75, 3.05) is 6.16 Å². The van der Waals surface area contributed by atoms with Crippen LogP contribution in [0.15, 0.2) is 42.0 Å². The molecule has 0 N–H and O–H groups in total. The quantitative estimate of drug-likeness (QED) is 0.386. The Morgan fingerprint density at radius 1 is 1.18 bits per heavy atom. The maximum Gasteiger partial charge on any atom is 0.372 e. The maximum absolute atomic E-state index is 7.09. The van der Waals surface area contributed by atoms with Gasteiger partial charge in [0.15, 0.2) is 0 Å². The molecule has 2 heteroatoms. The zero-order chi connectivity index (χ0) is 16.4. The Morgan fingerprint density at radius 3 is 2.27 bits per heavy atom. The van der Waals surface area contributed by atoms with Gasteiger partial charge < -0.3 is 0 Å². The maximum atomic E-state index is 7.09. The normalized spacial score (nSPS) is 22.3. The fourth-order valence-electron chi connectivity index (χ4n) is 3.39. The molecule has 2 rings (SSSR count). The third-order valence-corrected chi connectivity index (χ3v) is 9.87. The van der Waals surface area contributed by atoms with Gasteiger partial charge in [-0.15, -0.1) is 0 Å². The van der Waals surface area contributed by atoms with Crippen molar-refractivity contribution in [2.45, 2.75) is 59.0 Å². The number of hydrogen-bond acceptors (Lipinski definition) is 0. The summed E-state index contributed by atoms with van der Waals surface area (Å²) in [4.78, 5) is 0. The summed E-state index contributed by atoms with van der Waals surface area (Å²) >= 11 is 0. The standard InChI is InChI=1S/C20H31BP/c1-16(2)18-13-11-17(12-14-18)15-22(21,20(3,4)5)19-9-7-6-8-10-19/h6-11,16,18H,12-15H2,1-5H3/q+1. The van der Waals surface area contributed by atoms with Gasteiger partial charge in [-0.25, -0.2) is 0 Å². The predicted octanol–water partition coefficient (Wildman–Crippen LogP) is 5.59. The Labute approximate surface area is 139 Å². The van der Waals surface area contributed by atoms with E-state index < -0.39 is 7.14 Å². The van der Waals surface area contributed by atoms with E-state index in [4.69, 9.17) is 7.57 Å². The van der Waals surface area contributed by atoms with E-state index in [9.17, 15) is 0 Å². The van der Waals surface area contributed by atoms with Crippen molar-refractivity contribution in [3.63, 3.8) is 0 Å². The molecule has 0 amide bonds. The summed E-state index contributed by atoms with van der Waals surface area (Å²) in [5.41, 5.74) is 1.60. The summed E-state index contributed by atoms with van der Waals surface area (Å²) in [6.07, 6.45) is 7.41. The Kier molecular flexibility index (Phi) is 5.60. The van der Waals surface area contributed by atoms with Crippen molar-refractivity contribution in [3.05, 3.63) is 42.0 Å². The van der Waals surface area contributed by atoms with E-state index in [1.807, 2.05) is 0 Å². The van der Waals surface area contributed by atoms with Crippen LogP contribution in [0.2, 0.25) is 0 Å². The van der Waals surface area contributed by atoms with Crippen LogP contribution < -0.4 is 5.30 Å². The lowest BCUT2D eigenvalue weighted by atomic mass is 9.83. The molecule has 1 aromatic carbocycles. The highest BCUT2D eigenvalue weighted by molar-refractivity contribution is 8.04. The summed E-state index contributed by atoms with van der Waals surface area (Å²) in [5, 5.41) is 1.51. The van der Waals surface area contributed by atoms with Crippen LogP contribution in [0.4, 0.5) is 0 Å². The first-order chi connectivity index (χ1) is 10.2. The molecule has 0 fully saturated rings. The molecular formula is C20H31BP+. The molecule has 0 nitrogen and oxygen atoms in total. The molecule has 0 saturated carbocycles. The molecule has 0 aliphatic heterocycles. The van der Waals surface area contributed by atoms with Crippen molar-refractivity contribution >= 4 is 20.0 Å². The minimum absolute atomic E-state index is 0.143. The zero-order valence-electron chi connectivity index (χ0n) is 15.0. The molecular weight excluding hydrogens is 282 g/mol. The molecule has 1 aliphatic rings. The summed E-state index contributed by atoms with van der Waals surface area (Å²) in [5.74, 6) is 1.66. The first-order valence-corrected chi connectivity index (χ1v) is 10.7. The van der Waals surface area contributed by atoms with Crippen molar-refractivity contribution in [1.82, 2.24) is 0 Å². The van der Waals surface area contributed by atoms with Crippen LogP contribution in [0.1, 0.15) is 53.9 Å². The van der Waals surface area contributed by atoms with E-state index in [-0.39, 0.29) is 5.16 Å². The van der Waals surface area contributed by atoms with Crippen molar-refractivity contribution in [3.8, 4) is 0 Å². The number of hydrogen-bond donors (Lipinski definition) is 0. The van der Waals surface area contributed by atoms with E-state index in [0.717, 1.165) is 18.0 Å². The van der Waals surface area contributed by atoms with Gasteiger partial charge in [-0.05, 0) is 69.6 Å². The Hall–Kier alpha value is -0.545. The molecule has 2 unspecified atom stereocenters. The summed E-state index contributed by atoms with van der Waals surface area (Å²) in [6, 6.07) is 10.8. The summed E-state index contributed by atoms with van der Waals surface area (Å²) < 4.78 is 0. The van der Waals surface area contributed by atoms with Gasteiger partial charge in [0, 0.05) is 7.14 Å². The highest BCUT2D eigenvalue weighted by Crippen LogP contribution is 2.65. The van der Waals surface area contributed by atoms with Crippen LogP contribution in [-0.4, -0.2) is 18.9 Å². The predicted molar refractivity (Wildman–Crippen MR) is 104 cm³/mol. The minimum atomic E-state index is -1.69. The SMILES string of the molecule is [B][P+](CC1=CCC(C(C)C)CC1)(c1ccccc1)C(C)(C)C. The van der Waals surface area contributed by atoms with Gasteiger partial charge in [0.2, 0.25) is 0 Å². The summed E-state index contributed by atoms with van der Waals surface area (Å²) in [6.45, 7) is 11.6. The Balaban J connectivity index is 2.23. The third kappa shape index (κ3) is 3.86. The van der Waals surface area contributed by atoms with E-state index >= 15 is 0 Å². The second kappa shape index (κ2) is 6.92. The summed E-state index contributed by atoms with van der Waals surface area (Å²) in [7, 11) is 5.41. The molecule has 118 valence electrons. The highest BCUT2D eigenvalue weighted by Gasteiger charge is 2.46. The van der Waals surface area contributed by atoms with Gasteiger partial charge in [-0.3, -0.25) is 0 Å². The molecule has 2 radical (unpaired) electrons. The molecule has 1 aliphatic carbocycles. The lowest BCUT2D eigenvalue weighted by Gasteiger charge is -2.38. The molecule has 22 heavy (non-hydrogen) atoms. The number of allylic oxidation sites excluding steroid dienone is 2. The Bertz CT molecular complexity index is 512. The number of benzene rings is 1. The molecule has 0 spiro atoms. The third-order valence-electron chi connectivity index (χ3n) is 5.35. The monoisotopic (exact) mass is 313 g/mol. The molecule has 0 bridgehead atoms. The van der Waals surface area contributed by atoms with E-state index in [1.54, 1.807) is 5.57 Å². The molecule has 2 atom stereocenters. The second-order valence-corrected chi connectivity index (χ2v) is 12.1. The fourth-order valence-corrected chi connectivity index (χ4v) is 6.45. The van der Waals surface area contributed by atoms with Gasteiger partial charge >= 0.3 is 7.57 Å². The van der Waals surface area contributed by atoms with Gasteiger partial charge in [0.1, 0.15) is 0 Å². The Morgan fingerprint density at radius 2 is 1.82 bits per heavy atom. The fraction of sp³-hybridized carbons (Fsp3) is 0.600. The average Bonchev–Trinajstić information content (AvgIpc) is 2.47. The first-order valence-electron chi connectivity index (χ1n) is 8.64. The smallest absolute Gasteiger partial charge is 0.0815 e. The van der Waals surface area contributed by atoms with Crippen molar-refractivity contribution < 1.29 is 0 Å². The molecule has 1 aromatic rings. The first kappa shape index (κ1) is 17.8. The average molecular weight is 313 g/mol. The lowest BCUT2D eigenvalue weighted by molar-refractivity contribution is 0.351. The van der Waals surface area contributed by atoms with Crippen molar-refractivity contribution in [2.24, 2.45) is 11.8 Å². The van der Waals surface area contributed by atoms with Gasteiger partial charge in [-0.2, -0.15) is 0 Å². The van der Waals surface area contributed by atoms with Crippen LogP contribution in [-0.2, 0) is 0 Å². The molecule has 0 saturated heterocycles. The number of rotatable bonds is 4. The minimum Gasteiger partial charge on any atom is -0.0815 e. The highest BCUT2D eigenvalue weighted by atomic mass is 31.2. The van der Waals surface area contributed by atoms with Crippen LogP contribution in [0, 0.1) is 11.8 Å². The van der Waals surface area contributed by atoms with E-state index in [0.29, 0.717) is 0 Å². The van der Waals surface area contributed by atoms with Crippen LogP contribution >= 0.6 is 7.14 Å². The van der Waals surface area contributed by atoms with Crippen molar-refractivity contribution in [1.29, 1.82) is 0 Å². The molecule has 0 heterocycles. The van der Waals surface area contributed by atoms with Crippen LogP contribution in [0.3, 0.4) is 0 Å². The van der Waals surface area contributed by atoms with E-state index in [2.05, 4.69) is 71.0 Å². The van der Waals surface area contributed by atoms with E-state index in [1.165, 1.54) is 24.6 Å². The van der Waals surface area contributed by atoms with Crippen LogP contribution in [0.5, 0.6) is 0 Å². The topological polar surface area (TPSA) is 0 Å². The second-order valence-electron chi connectivity index (χ2n) is 8.17.